The minimum absolute atomic E-state index is 0. The number of hydrogen-bond acceptors (Lipinski definition) is 3. The van der Waals surface area contributed by atoms with Crippen LogP contribution in [0.25, 0.3) is 76.9 Å². The summed E-state index contributed by atoms with van der Waals surface area (Å²) in [4.78, 5) is 9.58. The number of benzene rings is 6. The van der Waals surface area contributed by atoms with Crippen LogP contribution in [0.4, 0.5) is 0 Å². The van der Waals surface area contributed by atoms with Crippen molar-refractivity contribution in [2.75, 3.05) is 0 Å². The summed E-state index contributed by atoms with van der Waals surface area (Å²) in [6, 6.07) is 37.9. The van der Waals surface area contributed by atoms with Crippen LogP contribution in [0.3, 0.4) is 0 Å². The molecule has 0 atom stereocenters. The van der Waals surface area contributed by atoms with E-state index in [0.29, 0.717) is 11.5 Å². The van der Waals surface area contributed by atoms with Crippen molar-refractivity contribution in [3.05, 3.63) is 155 Å². The van der Waals surface area contributed by atoms with Crippen molar-refractivity contribution >= 4 is 54.6 Å². The van der Waals surface area contributed by atoms with Gasteiger partial charge in [0, 0.05) is 47.3 Å². The van der Waals surface area contributed by atoms with Gasteiger partial charge in [-0.1, -0.05) is 105 Å². The molecule has 0 bridgehead atoms. The second-order valence-corrected chi connectivity index (χ2v) is 14.6. The first kappa shape index (κ1) is 34.0. The third-order valence-electron chi connectivity index (χ3n) is 10.8. The number of aryl methyl sites for hydroxylation is 6. The number of rotatable bonds is 4. The van der Waals surface area contributed by atoms with Crippen molar-refractivity contribution in [3.63, 3.8) is 0 Å². The number of hydrogen-bond donors (Lipinski definition) is 0. The zero-order chi connectivity index (χ0) is 36.1. The smallest absolute Gasteiger partial charge is 0.497 e. The van der Waals surface area contributed by atoms with Gasteiger partial charge in [-0.05, 0) is 109 Å². The molecule has 10 rings (SSSR count). The second-order valence-electron chi connectivity index (χ2n) is 14.6. The van der Waals surface area contributed by atoms with Gasteiger partial charge in [-0.15, -0.1) is 12.1 Å². The molecule has 0 saturated carbocycles. The van der Waals surface area contributed by atoms with E-state index in [2.05, 4.69) is 135 Å². The Hall–Kier alpha value is -5.77. The van der Waals surface area contributed by atoms with Crippen LogP contribution in [0.2, 0.25) is 0 Å². The van der Waals surface area contributed by atoms with Crippen LogP contribution in [0.5, 0.6) is 11.5 Å². The van der Waals surface area contributed by atoms with Gasteiger partial charge in [-0.3, -0.25) is 9.97 Å². The Bertz CT molecular complexity index is 2910. The molecule has 6 heteroatoms. The maximum Gasteiger partial charge on any atom is 2.00 e. The maximum absolute atomic E-state index is 6.51. The van der Waals surface area contributed by atoms with E-state index < -0.39 is 0 Å². The molecule has 4 aromatic heterocycles. The van der Waals surface area contributed by atoms with Crippen LogP contribution in [0, 0.1) is 53.7 Å². The third-order valence-corrected chi connectivity index (χ3v) is 10.8. The molecule has 0 aliphatic rings. The van der Waals surface area contributed by atoms with E-state index >= 15 is 0 Å². The maximum atomic E-state index is 6.51. The van der Waals surface area contributed by atoms with Crippen molar-refractivity contribution in [1.82, 2.24) is 18.8 Å². The molecule has 54 heavy (non-hydrogen) atoms. The molecule has 0 radical (unpaired) electrons. The fourth-order valence-corrected chi connectivity index (χ4v) is 8.85. The topological polar surface area (TPSA) is 43.8 Å². The van der Waals surface area contributed by atoms with Crippen LogP contribution in [0.15, 0.2) is 110 Å². The quantitative estimate of drug-likeness (QED) is 0.131. The van der Waals surface area contributed by atoms with Crippen molar-refractivity contribution in [1.29, 1.82) is 0 Å². The summed E-state index contributed by atoms with van der Waals surface area (Å²) in [6.45, 7) is 13.1. The Kier molecular flexibility index (Phi) is 7.99. The molecule has 0 aliphatic carbocycles. The summed E-state index contributed by atoms with van der Waals surface area (Å²) in [7, 11) is 0. The molecular weight excluding hydrogens is 844 g/mol. The molecule has 0 fully saturated rings. The third kappa shape index (κ3) is 5.25. The van der Waals surface area contributed by atoms with Crippen molar-refractivity contribution < 1.29 is 25.8 Å². The van der Waals surface area contributed by atoms with Crippen molar-refractivity contribution in [2.45, 2.75) is 41.5 Å². The minimum atomic E-state index is 0. The van der Waals surface area contributed by atoms with Gasteiger partial charge in [-0.2, -0.15) is 0 Å². The number of nitrogens with zero attached hydrogens (tertiary/aromatic N) is 4. The van der Waals surface area contributed by atoms with E-state index in [0.717, 1.165) is 54.6 Å². The first-order valence-corrected chi connectivity index (χ1v) is 18.1. The van der Waals surface area contributed by atoms with Gasteiger partial charge in [-0.25, -0.2) is 0 Å². The van der Waals surface area contributed by atoms with Gasteiger partial charge in [0.05, 0.1) is 11.3 Å². The number of pyridine rings is 2. The molecule has 6 aromatic carbocycles. The summed E-state index contributed by atoms with van der Waals surface area (Å²) in [5.74, 6) is 1.21. The summed E-state index contributed by atoms with van der Waals surface area (Å²) >= 11 is 0. The number of ether oxygens (including phenoxy) is 1. The van der Waals surface area contributed by atoms with Gasteiger partial charge < -0.3 is 13.5 Å². The van der Waals surface area contributed by atoms with E-state index in [1.165, 1.54) is 55.6 Å². The van der Waals surface area contributed by atoms with Crippen molar-refractivity contribution in [3.8, 4) is 33.8 Å². The standard InChI is InChI=1S/C48H36N4O.Pt/c1-27-19-29(3)45(30(4)20-27)33-7-11-39-37-13-9-35(25-41(37)47-49-15-17-51(47)43(39)23-33)53-36-10-14-38-40-12-8-34(46-31(5)21-28(2)22-32(46)6)24-44(40)52-18-16-50-48(52)42(38)26-36;/h7-24H,1-6H3;/q-2;+2. The molecule has 4 heterocycles. The van der Waals surface area contributed by atoms with Gasteiger partial charge in [0.2, 0.25) is 0 Å². The van der Waals surface area contributed by atoms with Gasteiger partial charge in [0.15, 0.2) is 0 Å². The van der Waals surface area contributed by atoms with Crippen LogP contribution in [-0.4, -0.2) is 18.8 Å². The predicted octanol–water partition coefficient (Wildman–Crippen LogP) is 12.2. The molecule has 0 aliphatic heterocycles. The summed E-state index contributed by atoms with van der Waals surface area (Å²) < 4.78 is 10.8. The van der Waals surface area contributed by atoms with E-state index in [4.69, 9.17) is 14.7 Å². The molecule has 0 amide bonds. The van der Waals surface area contributed by atoms with E-state index in [1.807, 2.05) is 36.9 Å². The Labute approximate surface area is 328 Å². The van der Waals surface area contributed by atoms with Crippen LogP contribution >= 0.6 is 0 Å². The largest absolute Gasteiger partial charge is 2.00 e. The van der Waals surface area contributed by atoms with E-state index in [9.17, 15) is 0 Å². The van der Waals surface area contributed by atoms with E-state index in [-0.39, 0.29) is 21.1 Å². The van der Waals surface area contributed by atoms with Crippen LogP contribution < -0.4 is 4.74 Å². The Balaban J connectivity index is 0.00000384. The monoisotopic (exact) mass is 879 g/mol. The van der Waals surface area contributed by atoms with Gasteiger partial charge >= 0.3 is 21.1 Å². The minimum Gasteiger partial charge on any atom is -0.497 e. The molecule has 264 valence electrons. The average Bonchev–Trinajstić information content (AvgIpc) is 3.83. The molecular formula is C48H36N4OPt. The predicted molar refractivity (Wildman–Crippen MR) is 217 cm³/mol. The first-order valence-electron chi connectivity index (χ1n) is 18.1. The Morgan fingerprint density at radius 3 is 1.28 bits per heavy atom. The SMILES string of the molecule is Cc1cc(C)c(-c2ccc3c4ccc(Oc5[c-]c6c(cc5)c5ccc(-c7c(C)cc(C)cc7C)cc5n5ccnc65)[c-]c4c4nccn4c3c2)c(C)c1.[Pt+2]. The fourth-order valence-electron chi connectivity index (χ4n) is 8.85. The fraction of sp³-hybridized carbons (Fsp3) is 0.125. The average molecular weight is 880 g/mol. The molecule has 5 nitrogen and oxygen atoms in total. The molecule has 0 spiro atoms. The Morgan fingerprint density at radius 2 is 0.870 bits per heavy atom. The zero-order valence-electron chi connectivity index (χ0n) is 30.9. The molecule has 10 aromatic rings. The van der Waals surface area contributed by atoms with Crippen LogP contribution in [0.1, 0.15) is 33.4 Å². The van der Waals surface area contributed by atoms with Gasteiger partial charge in [0.25, 0.3) is 0 Å². The zero-order valence-corrected chi connectivity index (χ0v) is 33.2. The molecule has 0 unspecified atom stereocenters. The van der Waals surface area contributed by atoms with Crippen molar-refractivity contribution in [2.24, 2.45) is 0 Å². The van der Waals surface area contributed by atoms with Crippen LogP contribution in [-0.2, 0) is 21.1 Å². The summed E-state index contributed by atoms with van der Waals surface area (Å²) in [5.41, 5.74) is 16.6. The number of fused-ring (bicyclic) bond motifs is 12. The Morgan fingerprint density at radius 1 is 0.481 bits per heavy atom. The molecule has 0 saturated heterocycles. The van der Waals surface area contributed by atoms with Gasteiger partial charge in [0.1, 0.15) is 0 Å². The van der Waals surface area contributed by atoms with E-state index in [1.54, 1.807) is 0 Å². The number of aromatic nitrogens is 4. The normalized spacial score (nSPS) is 11.7. The first-order chi connectivity index (χ1) is 25.7. The second kappa shape index (κ2) is 12.7. The number of imidazole rings is 2. The summed E-state index contributed by atoms with van der Waals surface area (Å²) in [6.07, 6.45) is 7.77. The molecule has 0 N–H and O–H groups in total. The summed E-state index contributed by atoms with van der Waals surface area (Å²) in [5, 5.41) is 6.26.